The summed E-state index contributed by atoms with van der Waals surface area (Å²) in [6.07, 6.45) is 4.70. The van der Waals surface area contributed by atoms with E-state index in [1.54, 1.807) is 0 Å². The predicted octanol–water partition coefficient (Wildman–Crippen LogP) is 5.04. The van der Waals surface area contributed by atoms with Crippen molar-refractivity contribution in [3.8, 4) is 0 Å². The largest absolute Gasteiger partial charge is 0.0810 e. The standard InChI is InChI=1S/C16H18/c1-3-4-7-13(2)15-11-10-14-8-5-6-9-16(14)12-15/h5-12H,3-4H2,1-2H3/b13-7+. The van der Waals surface area contributed by atoms with Gasteiger partial charge >= 0.3 is 0 Å². The van der Waals surface area contributed by atoms with E-state index in [4.69, 9.17) is 0 Å². The second-order valence-corrected chi connectivity index (χ2v) is 4.24. The van der Waals surface area contributed by atoms with Crippen molar-refractivity contribution in [2.75, 3.05) is 0 Å². The Labute approximate surface area is 97.6 Å². The second kappa shape index (κ2) is 4.98. The SMILES string of the molecule is CCC/C=C(\C)c1ccc2ccccc2c1. The molecule has 0 amide bonds. The molecule has 0 bridgehead atoms. The summed E-state index contributed by atoms with van der Waals surface area (Å²) in [5, 5.41) is 2.64. The van der Waals surface area contributed by atoms with E-state index in [1.807, 2.05) is 0 Å². The Hall–Kier alpha value is -1.56. The van der Waals surface area contributed by atoms with Crippen LogP contribution in [0.3, 0.4) is 0 Å². The molecule has 0 unspecified atom stereocenters. The minimum absolute atomic E-state index is 1.17. The molecule has 0 atom stereocenters. The highest BCUT2D eigenvalue weighted by molar-refractivity contribution is 5.86. The lowest BCUT2D eigenvalue weighted by Crippen LogP contribution is -1.81. The number of benzene rings is 2. The molecule has 0 aliphatic carbocycles. The number of rotatable bonds is 3. The Kier molecular flexibility index (Phi) is 3.40. The van der Waals surface area contributed by atoms with Crippen molar-refractivity contribution < 1.29 is 0 Å². The fourth-order valence-electron chi connectivity index (χ4n) is 1.91. The minimum Gasteiger partial charge on any atom is -0.0810 e. The summed E-state index contributed by atoms with van der Waals surface area (Å²) in [4.78, 5) is 0. The van der Waals surface area contributed by atoms with Crippen LogP contribution < -0.4 is 0 Å². The molecule has 0 N–H and O–H groups in total. The van der Waals surface area contributed by atoms with Crippen LogP contribution in [0, 0.1) is 0 Å². The van der Waals surface area contributed by atoms with Crippen LogP contribution in [0.2, 0.25) is 0 Å². The molecule has 0 heteroatoms. The molecule has 0 radical (unpaired) electrons. The molecule has 0 spiro atoms. The quantitative estimate of drug-likeness (QED) is 0.665. The Bertz CT molecular complexity index is 506. The Morgan fingerprint density at radius 2 is 1.81 bits per heavy atom. The van der Waals surface area contributed by atoms with Gasteiger partial charge in [-0.05, 0) is 41.3 Å². The third-order valence-corrected chi connectivity index (χ3v) is 2.94. The van der Waals surface area contributed by atoms with Crippen molar-refractivity contribution in [1.82, 2.24) is 0 Å². The van der Waals surface area contributed by atoms with E-state index in [-0.39, 0.29) is 0 Å². The third-order valence-electron chi connectivity index (χ3n) is 2.94. The molecule has 0 aromatic heterocycles. The maximum atomic E-state index is 2.32. The van der Waals surface area contributed by atoms with Crippen LogP contribution in [-0.4, -0.2) is 0 Å². The normalized spacial score (nSPS) is 12.0. The molecular formula is C16H18. The van der Waals surface area contributed by atoms with E-state index in [1.165, 1.54) is 34.8 Å². The first-order chi connectivity index (χ1) is 7.81. The van der Waals surface area contributed by atoms with Crippen molar-refractivity contribution in [1.29, 1.82) is 0 Å². The van der Waals surface area contributed by atoms with Crippen LogP contribution in [0.1, 0.15) is 32.3 Å². The predicted molar refractivity (Wildman–Crippen MR) is 72.5 cm³/mol. The molecule has 0 aliphatic rings. The highest BCUT2D eigenvalue weighted by Gasteiger charge is 1.97. The molecule has 2 aromatic rings. The number of unbranched alkanes of at least 4 members (excludes halogenated alkanes) is 1. The van der Waals surface area contributed by atoms with Gasteiger partial charge in [-0.2, -0.15) is 0 Å². The average molecular weight is 210 g/mol. The summed E-state index contributed by atoms with van der Waals surface area (Å²) in [6, 6.07) is 15.2. The molecule has 16 heavy (non-hydrogen) atoms. The number of hydrogen-bond acceptors (Lipinski definition) is 0. The van der Waals surface area contributed by atoms with Gasteiger partial charge in [0, 0.05) is 0 Å². The van der Waals surface area contributed by atoms with Gasteiger partial charge in [-0.3, -0.25) is 0 Å². The molecular weight excluding hydrogens is 192 g/mol. The van der Waals surface area contributed by atoms with Gasteiger partial charge < -0.3 is 0 Å². The monoisotopic (exact) mass is 210 g/mol. The summed E-state index contributed by atoms with van der Waals surface area (Å²) in [5.41, 5.74) is 2.72. The summed E-state index contributed by atoms with van der Waals surface area (Å²) < 4.78 is 0. The molecule has 0 fully saturated rings. The van der Waals surface area contributed by atoms with E-state index in [9.17, 15) is 0 Å². The van der Waals surface area contributed by atoms with Crippen LogP contribution in [0.4, 0.5) is 0 Å². The van der Waals surface area contributed by atoms with Gasteiger partial charge in [-0.1, -0.05) is 55.8 Å². The van der Waals surface area contributed by atoms with Gasteiger partial charge in [0.05, 0.1) is 0 Å². The molecule has 0 heterocycles. The summed E-state index contributed by atoms with van der Waals surface area (Å²) in [7, 11) is 0. The van der Waals surface area contributed by atoms with Crippen molar-refractivity contribution in [2.24, 2.45) is 0 Å². The first-order valence-electron chi connectivity index (χ1n) is 5.97. The Balaban J connectivity index is 2.39. The molecule has 2 aromatic carbocycles. The number of allylic oxidation sites excluding steroid dienone is 2. The topological polar surface area (TPSA) is 0 Å². The van der Waals surface area contributed by atoms with Crippen LogP contribution >= 0.6 is 0 Å². The summed E-state index contributed by atoms with van der Waals surface area (Å²) >= 11 is 0. The Morgan fingerprint density at radius 1 is 1.06 bits per heavy atom. The fraction of sp³-hybridized carbons (Fsp3) is 0.250. The van der Waals surface area contributed by atoms with Gasteiger partial charge in [-0.25, -0.2) is 0 Å². The van der Waals surface area contributed by atoms with Crippen molar-refractivity contribution >= 4 is 16.3 Å². The molecule has 0 nitrogen and oxygen atoms in total. The maximum Gasteiger partial charge on any atom is -0.0178 e. The van der Waals surface area contributed by atoms with E-state index >= 15 is 0 Å². The van der Waals surface area contributed by atoms with E-state index in [0.29, 0.717) is 0 Å². The average Bonchev–Trinajstić information content (AvgIpc) is 2.35. The van der Waals surface area contributed by atoms with Gasteiger partial charge in [0.25, 0.3) is 0 Å². The smallest absolute Gasteiger partial charge is 0.0178 e. The lowest BCUT2D eigenvalue weighted by atomic mass is 10.0. The van der Waals surface area contributed by atoms with Gasteiger partial charge in [0.2, 0.25) is 0 Å². The molecule has 0 saturated carbocycles. The van der Waals surface area contributed by atoms with Gasteiger partial charge in [-0.15, -0.1) is 0 Å². The van der Waals surface area contributed by atoms with Gasteiger partial charge in [0.1, 0.15) is 0 Å². The summed E-state index contributed by atoms with van der Waals surface area (Å²) in [5.74, 6) is 0. The molecule has 2 rings (SSSR count). The van der Waals surface area contributed by atoms with Crippen molar-refractivity contribution in [3.63, 3.8) is 0 Å². The lowest BCUT2D eigenvalue weighted by Gasteiger charge is -2.04. The van der Waals surface area contributed by atoms with Crippen LogP contribution in [0.15, 0.2) is 48.5 Å². The van der Waals surface area contributed by atoms with Gasteiger partial charge in [0.15, 0.2) is 0 Å². The van der Waals surface area contributed by atoms with E-state index in [0.717, 1.165) is 0 Å². The number of fused-ring (bicyclic) bond motifs is 1. The third kappa shape index (κ3) is 2.33. The molecule has 0 aliphatic heterocycles. The highest BCUT2D eigenvalue weighted by Crippen LogP contribution is 2.21. The molecule has 0 saturated heterocycles. The first-order valence-corrected chi connectivity index (χ1v) is 5.97. The first kappa shape index (κ1) is 10.9. The van der Waals surface area contributed by atoms with Crippen LogP contribution in [0.5, 0.6) is 0 Å². The molecule has 82 valence electrons. The van der Waals surface area contributed by atoms with E-state index in [2.05, 4.69) is 62.4 Å². The lowest BCUT2D eigenvalue weighted by molar-refractivity contribution is 0.959. The summed E-state index contributed by atoms with van der Waals surface area (Å²) in [6.45, 7) is 4.41. The minimum atomic E-state index is 1.17. The van der Waals surface area contributed by atoms with Crippen LogP contribution in [-0.2, 0) is 0 Å². The fourth-order valence-corrected chi connectivity index (χ4v) is 1.91. The zero-order valence-electron chi connectivity index (χ0n) is 10.0. The highest BCUT2D eigenvalue weighted by atomic mass is 14.0. The van der Waals surface area contributed by atoms with Crippen molar-refractivity contribution in [3.05, 3.63) is 54.1 Å². The zero-order chi connectivity index (χ0) is 11.4. The van der Waals surface area contributed by atoms with Crippen molar-refractivity contribution in [2.45, 2.75) is 26.7 Å². The Morgan fingerprint density at radius 3 is 2.56 bits per heavy atom. The number of hydrogen-bond donors (Lipinski definition) is 0. The second-order valence-electron chi connectivity index (χ2n) is 4.24. The maximum absolute atomic E-state index is 2.32. The van der Waals surface area contributed by atoms with E-state index < -0.39 is 0 Å². The zero-order valence-corrected chi connectivity index (χ0v) is 10.0. The van der Waals surface area contributed by atoms with Crippen LogP contribution in [0.25, 0.3) is 16.3 Å².